The van der Waals surface area contributed by atoms with E-state index >= 15 is 0 Å². The highest BCUT2D eigenvalue weighted by molar-refractivity contribution is 5.90. The summed E-state index contributed by atoms with van der Waals surface area (Å²) in [5, 5.41) is 7.44. The molecule has 1 aromatic rings. The van der Waals surface area contributed by atoms with Crippen LogP contribution in [0.25, 0.3) is 0 Å². The van der Waals surface area contributed by atoms with Crippen molar-refractivity contribution in [2.45, 2.75) is 32.4 Å². The fourth-order valence-corrected chi connectivity index (χ4v) is 2.55. The van der Waals surface area contributed by atoms with E-state index in [1.54, 1.807) is 16.6 Å². The third kappa shape index (κ3) is 4.01. The lowest BCUT2D eigenvalue weighted by Gasteiger charge is -2.35. The van der Waals surface area contributed by atoms with Crippen LogP contribution in [0.3, 0.4) is 0 Å². The van der Waals surface area contributed by atoms with Crippen LogP contribution in [0.4, 0.5) is 4.79 Å². The smallest absolute Gasteiger partial charge is 0.410 e. The molecule has 0 aliphatic carbocycles. The van der Waals surface area contributed by atoms with Crippen LogP contribution in [0.1, 0.15) is 42.9 Å². The van der Waals surface area contributed by atoms with E-state index in [0.29, 0.717) is 30.9 Å². The average molecular weight is 324 g/mol. The first kappa shape index (κ1) is 17.3. The molecular weight excluding hydrogens is 300 g/mol. The van der Waals surface area contributed by atoms with Crippen molar-refractivity contribution >= 4 is 12.1 Å². The monoisotopic (exact) mass is 324 g/mol. The molecule has 0 aromatic carbocycles. The number of aryl methyl sites for hydroxylation is 1. The third-order valence-electron chi connectivity index (χ3n) is 3.55. The van der Waals surface area contributed by atoms with E-state index in [9.17, 15) is 9.59 Å². The van der Waals surface area contributed by atoms with Crippen molar-refractivity contribution in [2.24, 2.45) is 7.05 Å². The predicted molar refractivity (Wildman–Crippen MR) is 83.1 cm³/mol. The van der Waals surface area contributed by atoms with E-state index in [4.69, 9.17) is 9.47 Å². The normalized spacial score (nSPS) is 18.7. The van der Waals surface area contributed by atoms with Crippen molar-refractivity contribution < 1.29 is 19.1 Å². The first-order valence-corrected chi connectivity index (χ1v) is 7.54. The molecule has 1 fully saturated rings. The summed E-state index contributed by atoms with van der Waals surface area (Å²) in [6, 6.07) is -0.210. The van der Waals surface area contributed by atoms with Gasteiger partial charge in [-0.25, -0.2) is 9.59 Å². The van der Waals surface area contributed by atoms with E-state index in [0.717, 1.165) is 0 Å². The van der Waals surface area contributed by atoms with Gasteiger partial charge in [-0.05, 0) is 20.8 Å². The number of amides is 1. The Balaban J connectivity index is 2.17. The van der Waals surface area contributed by atoms with Crippen LogP contribution in [0, 0.1) is 0 Å². The van der Waals surface area contributed by atoms with Crippen molar-refractivity contribution in [3.8, 4) is 0 Å². The fraction of sp³-hybridized carbons (Fsp3) is 0.667. The molecule has 1 aliphatic rings. The predicted octanol–water partition coefficient (Wildman–Crippen LogP) is 1.09. The highest BCUT2D eigenvalue weighted by atomic mass is 16.6. The van der Waals surface area contributed by atoms with Gasteiger partial charge < -0.3 is 19.7 Å². The van der Waals surface area contributed by atoms with Crippen LogP contribution in [0.15, 0.2) is 6.20 Å². The maximum atomic E-state index is 12.3. The van der Waals surface area contributed by atoms with Crippen LogP contribution in [-0.2, 0) is 16.5 Å². The zero-order valence-electron chi connectivity index (χ0n) is 14.3. The van der Waals surface area contributed by atoms with Gasteiger partial charge in [-0.1, -0.05) is 0 Å². The molecule has 0 spiro atoms. The zero-order valence-corrected chi connectivity index (χ0v) is 14.3. The standard InChI is InChI=1S/C15H24N4O4/c1-15(2,3)23-14(21)19-7-6-16-11(9-19)12-10(13(20)22-5)8-17-18(12)4/h8,11,16H,6-7,9H2,1-5H3. The third-order valence-corrected chi connectivity index (χ3v) is 3.55. The van der Waals surface area contributed by atoms with E-state index < -0.39 is 11.6 Å². The first-order chi connectivity index (χ1) is 10.7. The van der Waals surface area contributed by atoms with Crippen molar-refractivity contribution in [1.29, 1.82) is 0 Å². The lowest BCUT2D eigenvalue weighted by Crippen LogP contribution is -2.50. The molecule has 8 nitrogen and oxygen atoms in total. The summed E-state index contributed by atoms with van der Waals surface area (Å²) in [7, 11) is 3.09. The molecule has 0 radical (unpaired) electrons. The highest BCUT2D eigenvalue weighted by Gasteiger charge is 2.32. The number of nitrogens with zero attached hydrogens (tertiary/aromatic N) is 3. The van der Waals surface area contributed by atoms with Crippen LogP contribution in [0.5, 0.6) is 0 Å². The molecule has 1 unspecified atom stereocenters. The quantitative estimate of drug-likeness (QED) is 0.820. The number of aromatic nitrogens is 2. The molecule has 1 saturated heterocycles. The second kappa shape index (κ2) is 6.57. The van der Waals surface area contributed by atoms with Crippen molar-refractivity contribution in [1.82, 2.24) is 20.0 Å². The average Bonchev–Trinajstić information content (AvgIpc) is 2.86. The van der Waals surface area contributed by atoms with Crippen LogP contribution >= 0.6 is 0 Å². The number of rotatable bonds is 2. The summed E-state index contributed by atoms with van der Waals surface area (Å²) in [4.78, 5) is 25.8. The molecule has 2 rings (SSSR count). The Kier molecular flexibility index (Phi) is 4.93. The van der Waals surface area contributed by atoms with Crippen LogP contribution < -0.4 is 5.32 Å². The second-order valence-electron chi connectivity index (χ2n) is 6.49. The molecule has 128 valence electrons. The Morgan fingerprint density at radius 2 is 2.09 bits per heavy atom. The van der Waals surface area contributed by atoms with Crippen LogP contribution in [0.2, 0.25) is 0 Å². The Bertz CT molecular complexity index is 591. The lowest BCUT2D eigenvalue weighted by molar-refractivity contribution is 0.0192. The molecule has 1 amide bonds. The molecule has 0 saturated carbocycles. The molecule has 0 bridgehead atoms. The van der Waals surface area contributed by atoms with Gasteiger partial charge in [0.25, 0.3) is 0 Å². The van der Waals surface area contributed by atoms with Gasteiger partial charge in [0, 0.05) is 26.7 Å². The van der Waals surface area contributed by atoms with Crippen molar-refractivity contribution in [3.05, 3.63) is 17.5 Å². The lowest BCUT2D eigenvalue weighted by atomic mass is 10.1. The zero-order chi connectivity index (χ0) is 17.2. The largest absolute Gasteiger partial charge is 0.465 e. The fourth-order valence-electron chi connectivity index (χ4n) is 2.55. The number of carbonyl (C=O) groups is 2. The minimum Gasteiger partial charge on any atom is -0.465 e. The van der Waals surface area contributed by atoms with Crippen molar-refractivity contribution in [2.75, 3.05) is 26.7 Å². The number of piperazine rings is 1. The maximum Gasteiger partial charge on any atom is 0.410 e. The van der Waals surface area contributed by atoms with Crippen molar-refractivity contribution in [3.63, 3.8) is 0 Å². The van der Waals surface area contributed by atoms with Gasteiger partial charge >= 0.3 is 12.1 Å². The minimum atomic E-state index is -0.541. The summed E-state index contributed by atoms with van der Waals surface area (Å²) in [6.45, 7) is 7.06. The van der Waals surface area contributed by atoms with E-state index in [2.05, 4.69) is 10.4 Å². The second-order valence-corrected chi connectivity index (χ2v) is 6.49. The van der Waals surface area contributed by atoms with Gasteiger partial charge in [0.05, 0.1) is 25.0 Å². The topological polar surface area (TPSA) is 85.7 Å². The Hall–Kier alpha value is -2.09. The maximum absolute atomic E-state index is 12.3. The molecular formula is C15H24N4O4. The number of hydrogen-bond donors (Lipinski definition) is 1. The molecule has 8 heteroatoms. The summed E-state index contributed by atoms with van der Waals surface area (Å²) in [5.41, 5.74) is 0.560. The van der Waals surface area contributed by atoms with Gasteiger partial charge in [0.2, 0.25) is 0 Å². The van der Waals surface area contributed by atoms with Crippen LogP contribution in [-0.4, -0.2) is 59.1 Å². The molecule has 2 heterocycles. The summed E-state index contributed by atoms with van der Waals surface area (Å²) in [6.07, 6.45) is 1.13. The molecule has 1 aromatic heterocycles. The summed E-state index contributed by atoms with van der Waals surface area (Å²) >= 11 is 0. The minimum absolute atomic E-state index is 0.210. The number of ether oxygens (including phenoxy) is 2. The van der Waals surface area contributed by atoms with Gasteiger partial charge in [0.1, 0.15) is 11.2 Å². The summed E-state index contributed by atoms with van der Waals surface area (Å²) < 4.78 is 11.8. The molecule has 1 N–H and O–H groups in total. The Morgan fingerprint density at radius 3 is 2.70 bits per heavy atom. The van der Waals surface area contributed by atoms with Gasteiger partial charge in [-0.2, -0.15) is 5.10 Å². The Labute approximate surface area is 135 Å². The van der Waals surface area contributed by atoms with E-state index in [1.807, 2.05) is 20.8 Å². The van der Waals surface area contributed by atoms with E-state index in [-0.39, 0.29) is 12.1 Å². The van der Waals surface area contributed by atoms with Gasteiger partial charge in [0.15, 0.2) is 0 Å². The molecule has 1 atom stereocenters. The SMILES string of the molecule is COC(=O)c1cnn(C)c1C1CN(C(=O)OC(C)(C)C)CCN1. The Morgan fingerprint density at radius 1 is 1.39 bits per heavy atom. The number of nitrogens with one attached hydrogen (secondary N) is 1. The molecule has 1 aliphatic heterocycles. The molecule has 23 heavy (non-hydrogen) atoms. The van der Waals surface area contributed by atoms with Gasteiger partial charge in [-0.3, -0.25) is 4.68 Å². The van der Waals surface area contributed by atoms with E-state index in [1.165, 1.54) is 13.3 Å². The number of esters is 1. The van der Waals surface area contributed by atoms with Gasteiger partial charge in [-0.15, -0.1) is 0 Å². The first-order valence-electron chi connectivity index (χ1n) is 7.54. The number of methoxy groups -OCH3 is 1. The summed E-state index contributed by atoms with van der Waals surface area (Å²) in [5.74, 6) is -0.440. The number of hydrogen-bond acceptors (Lipinski definition) is 6. The number of carbonyl (C=O) groups excluding carboxylic acids is 2. The highest BCUT2D eigenvalue weighted by Crippen LogP contribution is 2.22.